The van der Waals surface area contributed by atoms with E-state index in [4.69, 9.17) is 0 Å². The Kier molecular flexibility index (Phi) is 4.73. The molecule has 1 saturated carbocycles. The second-order valence-corrected chi connectivity index (χ2v) is 9.31. The first-order valence-electron chi connectivity index (χ1n) is 9.15. The van der Waals surface area contributed by atoms with Crippen LogP contribution >= 0.6 is 0 Å². The van der Waals surface area contributed by atoms with Crippen molar-refractivity contribution in [3.63, 3.8) is 0 Å². The molecule has 144 valence electrons. The predicted molar refractivity (Wildman–Crippen MR) is 98.5 cm³/mol. The lowest BCUT2D eigenvalue weighted by molar-refractivity contribution is 0.0950. The van der Waals surface area contributed by atoms with Gasteiger partial charge in [-0.2, -0.15) is 4.31 Å². The minimum absolute atomic E-state index is 0.0855. The summed E-state index contributed by atoms with van der Waals surface area (Å²) in [7, 11) is -1.80. The van der Waals surface area contributed by atoms with Crippen molar-refractivity contribution >= 4 is 15.9 Å². The summed E-state index contributed by atoms with van der Waals surface area (Å²) in [5.74, 6) is 0.115. The number of amides is 1. The lowest BCUT2D eigenvalue weighted by atomic mass is 9.99. The van der Waals surface area contributed by atoms with Gasteiger partial charge in [-0.15, -0.1) is 0 Å². The molecule has 0 radical (unpaired) electrons. The topological polar surface area (TPSA) is 97.2 Å². The van der Waals surface area contributed by atoms with Crippen molar-refractivity contribution < 1.29 is 13.2 Å². The highest BCUT2D eigenvalue weighted by Gasteiger charge is 2.34. The number of carbonyl (C=O) groups is 1. The summed E-state index contributed by atoms with van der Waals surface area (Å²) in [6.07, 6.45) is 9.91. The van der Waals surface area contributed by atoms with Gasteiger partial charge < -0.3 is 9.88 Å². The van der Waals surface area contributed by atoms with Crippen LogP contribution < -0.4 is 5.32 Å². The third-order valence-corrected chi connectivity index (χ3v) is 6.78. The Morgan fingerprint density at radius 3 is 2.81 bits per heavy atom. The molecule has 0 aromatic carbocycles. The second-order valence-electron chi connectivity index (χ2n) is 7.43. The van der Waals surface area contributed by atoms with Crippen molar-refractivity contribution in [1.29, 1.82) is 0 Å². The molecule has 0 spiro atoms. The zero-order chi connectivity index (χ0) is 19.0. The van der Waals surface area contributed by atoms with Crippen LogP contribution in [0, 0.1) is 5.92 Å². The highest BCUT2D eigenvalue weighted by atomic mass is 32.2. The highest BCUT2D eigenvalue weighted by Crippen LogP contribution is 2.26. The van der Waals surface area contributed by atoms with Gasteiger partial charge in [0.2, 0.25) is 0 Å². The maximum atomic E-state index is 12.7. The predicted octanol–water partition coefficient (Wildman–Crippen LogP) is 0.961. The fourth-order valence-electron chi connectivity index (χ4n) is 3.39. The number of aromatic nitrogens is 3. The van der Waals surface area contributed by atoms with E-state index >= 15 is 0 Å². The number of aryl methyl sites for hydroxylation is 1. The van der Waals surface area contributed by atoms with Gasteiger partial charge in [-0.05, 0) is 43.2 Å². The van der Waals surface area contributed by atoms with E-state index in [9.17, 15) is 13.2 Å². The molecule has 1 amide bonds. The molecule has 2 aromatic heterocycles. The summed E-state index contributed by atoms with van der Waals surface area (Å²) in [5.41, 5.74) is 1.52. The first-order valence-corrected chi connectivity index (χ1v) is 10.6. The summed E-state index contributed by atoms with van der Waals surface area (Å²) in [5, 5.41) is 3.05. The van der Waals surface area contributed by atoms with Crippen LogP contribution in [0.15, 0.2) is 36.0 Å². The normalized spacial score (nSPS) is 20.7. The number of hydrogen-bond acceptors (Lipinski definition) is 5. The Morgan fingerprint density at radius 2 is 2.11 bits per heavy atom. The molecule has 1 saturated heterocycles. The number of imidazole rings is 1. The summed E-state index contributed by atoms with van der Waals surface area (Å²) < 4.78 is 28.5. The van der Waals surface area contributed by atoms with Crippen molar-refractivity contribution in [3.8, 4) is 0 Å². The Labute approximate surface area is 158 Å². The van der Waals surface area contributed by atoms with Gasteiger partial charge in [0.25, 0.3) is 15.9 Å². The standard InChI is InChI=1S/C18H23N5O3S/c1-22-11-17(20-12-22)27(25,26)23-5-4-13(10-23)6-14-7-15(9-19-8-14)18(24)21-16-2-3-16/h7-9,11-13,16H,2-6,10H2,1H3,(H,21,24). The van der Waals surface area contributed by atoms with Crippen LogP contribution in [-0.2, 0) is 23.5 Å². The van der Waals surface area contributed by atoms with Crippen LogP contribution in [0.3, 0.4) is 0 Å². The number of rotatable bonds is 6. The Bertz CT molecular complexity index is 951. The monoisotopic (exact) mass is 389 g/mol. The molecule has 1 atom stereocenters. The Hall–Kier alpha value is -2.26. The van der Waals surface area contributed by atoms with Gasteiger partial charge in [-0.3, -0.25) is 9.78 Å². The minimum atomic E-state index is -3.55. The second kappa shape index (κ2) is 7.05. The zero-order valence-corrected chi connectivity index (χ0v) is 16.0. The third kappa shape index (κ3) is 4.03. The van der Waals surface area contributed by atoms with E-state index in [1.165, 1.54) is 16.8 Å². The quantitative estimate of drug-likeness (QED) is 0.794. The molecule has 2 fully saturated rings. The minimum Gasteiger partial charge on any atom is -0.349 e. The summed E-state index contributed by atoms with van der Waals surface area (Å²) >= 11 is 0. The Morgan fingerprint density at radius 1 is 1.30 bits per heavy atom. The molecule has 0 bridgehead atoms. The first-order chi connectivity index (χ1) is 12.9. The maximum absolute atomic E-state index is 12.7. The SMILES string of the molecule is Cn1cnc(S(=O)(=O)N2CCC(Cc3cncc(C(=O)NC4CC4)c3)C2)c1. The van der Waals surface area contributed by atoms with Crippen molar-refractivity contribution in [1.82, 2.24) is 24.2 Å². The molecule has 27 heavy (non-hydrogen) atoms. The van der Waals surface area contributed by atoms with Gasteiger partial charge in [0.05, 0.1) is 11.9 Å². The van der Waals surface area contributed by atoms with E-state index < -0.39 is 10.0 Å². The number of carbonyl (C=O) groups excluding carboxylic acids is 1. The number of nitrogens with one attached hydrogen (secondary N) is 1. The average molecular weight is 389 g/mol. The van der Waals surface area contributed by atoms with Crippen LogP contribution in [-0.4, -0.2) is 52.3 Å². The van der Waals surface area contributed by atoms with Crippen LogP contribution in [0.25, 0.3) is 0 Å². The lowest BCUT2D eigenvalue weighted by Crippen LogP contribution is -2.29. The lowest BCUT2D eigenvalue weighted by Gasteiger charge is -2.15. The largest absolute Gasteiger partial charge is 0.349 e. The molecule has 1 N–H and O–H groups in total. The van der Waals surface area contributed by atoms with E-state index in [-0.39, 0.29) is 16.9 Å². The maximum Gasteiger partial charge on any atom is 0.262 e. The molecular weight excluding hydrogens is 366 g/mol. The fraction of sp³-hybridized carbons (Fsp3) is 0.500. The van der Waals surface area contributed by atoms with Gasteiger partial charge in [-0.1, -0.05) is 0 Å². The highest BCUT2D eigenvalue weighted by molar-refractivity contribution is 7.89. The molecule has 1 unspecified atom stereocenters. The van der Waals surface area contributed by atoms with E-state index in [1.54, 1.807) is 24.0 Å². The van der Waals surface area contributed by atoms with Crippen molar-refractivity contribution in [3.05, 3.63) is 42.1 Å². The summed E-state index contributed by atoms with van der Waals surface area (Å²) in [4.78, 5) is 20.3. The van der Waals surface area contributed by atoms with E-state index in [0.717, 1.165) is 24.8 Å². The Balaban J connectivity index is 1.40. The molecule has 3 heterocycles. The van der Waals surface area contributed by atoms with Gasteiger partial charge >= 0.3 is 0 Å². The number of hydrogen-bond donors (Lipinski definition) is 1. The molecule has 9 heteroatoms. The van der Waals surface area contributed by atoms with Crippen LogP contribution in [0.5, 0.6) is 0 Å². The van der Waals surface area contributed by atoms with Crippen molar-refractivity contribution in [2.45, 2.75) is 36.8 Å². The number of pyridine rings is 1. The van der Waals surface area contributed by atoms with E-state index in [2.05, 4.69) is 15.3 Å². The van der Waals surface area contributed by atoms with E-state index in [1.807, 2.05) is 6.07 Å². The molecule has 8 nitrogen and oxygen atoms in total. The van der Waals surface area contributed by atoms with Crippen molar-refractivity contribution in [2.24, 2.45) is 13.0 Å². The van der Waals surface area contributed by atoms with Crippen LogP contribution in [0.4, 0.5) is 0 Å². The summed E-state index contributed by atoms with van der Waals surface area (Å²) in [6.45, 7) is 0.941. The van der Waals surface area contributed by atoms with Gasteiger partial charge in [0, 0.05) is 44.8 Å². The van der Waals surface area contributed by atoms with Gasteiger partial charge in [-0.25, -0.2) is 13.4 Å². The molecular formula is C18H23N5O3S. The van der Waals surface area contributed by atoms with E-state index in [0.29, 0.717) is 31.1 Å². The molecule has 2 aliphatic rings. The van der Waals surface area contributed by atoms with Gasteiger partial charge in [0.15, 0.2) is 5.03 Å². The molecule has 1 aliphatic carbocycles. The summed E-state index contributed by atoms with van der Waals surface area (Å²) in [6, 6.07) is 2.17. The molecule has 2 aromatic rings. The smallest absolute Gasteiger partial charge is 0.262 e. The fourth-order valence-corrected chi connectivity index (χ4v) is 4.89. The average Bonchev–Trinajstić information content (AvgIpc) is 3.13. The van der Waals surface area contributed by atoms with Crippen LogP contribution in [0.2, 0.25) is 0 Å². The van der Waals surface area contributed by atoms with Crippen molar-refractivity contribution in [2.75, 3.05) is 13.1 Å². The zero-order valence-electron chi connectivity index (χ0n) is 15.2. The van der Waals surface area contributed by atoms with Crippen LogP contribution in [0.1, 0.15) is 35.2 Å². The number of sulfonamides is 1. The number of nitrogens with zero attached hydrogens (tertiary/aromatic N) is 4. The third-order valence-electron chi connectivity index (χ3n) is 5.03. The first kappa shape index (κ1) is 18.1. The molecule has 4 rings (SSSR count). The van der Waals surface area contributed by atoms with Gasteiger partial charge in [0.1, 0.15) is 0 Å². The molecule has 1 aliphatic heterocycles.